The van der Waals surface area contributed by atoms with E-state index in [2.05, 4.69) is 13.5 Å². The molecule has 96 valence electrons. The van der Waals surface area contributed by atoms with E-state index in [0.717, 1.165) is 19.3 Å². The minimum Gasteiger partial charge on any atom is -0.458 e. The van der Waals surface area contributed by atoms with Gasteiger partial charge in [0.25, 0.3) is 0 Å². The van der Waals surface area contributed by atoms with E-state index in [1.165, 1.54) is 11.1 Å². The summed E-state index contributed by atoms with van der Waals surface area (Å²) in [4.78, 5) is 11.3. The Hall–Kier alpha value is -1.31. The van der Waals surface area contributed by atoms with Gasteiger partial charge in [-0.25, -0.2) is 4.79 Å². The van der Waals surface area contributed by atoms with Crippen molar-refractivity contribution in [3.8, 4) is 0 Å². The van der Waals surface area contributed by atoms with E-state index in [0.29, 0.717) is 12.2 Å². The lowest BCUT2D eigenvalue weighted by Crippen LogP contribution is -2.05. The van der Waals surface area contributed by atoms with Gasteiger partial charge in [-0.3, -0.25) is 0 Å². The molecule has 0 rings (SSSR count). The predicted molar refractivity (Wildman–Crippen MR) is 72.8 cm³/mol. The van der Waals surface area contributed by atoms with Crippen molar-refractivity contribution in [2.24, 2.45) is 0 Å². The van der Waals surface area contributed by atoms with Crippen molar-refractivity contribution in [2.45, 2.75) is 47.0 Å². The molecule has 0 radical (unpaired) electrons. The van der Waals surface area contributed by atoms with Gasteiger partial charge in [-0.15, -0.1) is 6.58 Å². The summed E-state index contributed by atoms with van der Waals surface area (Å²) < 4.78 is 5.09. The van der Waals surface area contributed by atoms with E-state index in [4.69, 9.17) is 4.74 Å². The second-order valence-electron chi connectivity index (χ2n) is 4.43. The first-order chi connectivity index (χ1) is 7.97. The molecule has 0 N–H and O–H groups in total. The number of hydrogen-bond acceptors (Lipinski definition) is 2. The van der Waals surface area contributed by atoms with Gasteiger partial charge in [-0.2, -0.15) is 0 Å². The molecule has 0 heterocycles. The molecule has 0 aromatic rings. The van der Waals surface area contributed by atoms with Crippen LogP contribution in [0.25, 0.3) is 0 Å². The second kappa shape index (κ2) is 8.80. The van der Waals surface area contributed by atoms with Crippen molar-refractivity contribution in [2.75, 3.05) is 6.61 Å². The van der Waals surface area contributed by atoms with Gasteiger partial charge >= 0.3 is 5.97 Å². The van der Waals surface area contributed by atoms with Crippen LogP contribution in [0.2, 0.25) is 0 Å². The highest BCUT2D eigenvalue weighted by Gasteiger charge is 2.02. The fourth-order valence-corrected chi connectivity index (χ4v) is 1.26. The first-order valence-corrected chi connectivity index (χ1v) is 6.07. The number of allylic oxidation sites excluding steroid dienone is 3. The highest BCUT2D eigenvalue weighted by Crippen LogP contribution is 2.10. The van der Waals surface area contributed by atoms with Crippen molar-refractivity contribution in [3.63, 3.8) is 0 Å². The molecule has 17 heavy (non-hydrogen) atoms. The van der Waals surface area contributed by atoms with E-state index < -0.39 is 0 Å². The summed E-state index contributed by atoms with van der Waals surface area (Å²) in [6, 6.07) is 0. The molecule has 2 heteroatoms. The molecule has 0 aliphatic heterocycles. The van der Waals surface area contributed by atoms with Crippen LogP contribution >= 0.6 is 0 Å². The third kappa shape index (κ3) is 8.49. The van der Waals surface area contributed by atoms with Crippen molar-refractivity contribution < 1.29 is 9.53 Å². The zero-order chi connectivity index (χ0) is 13.3. The molecule has 0 unspecified atom stereocenters. The summed E-state index contributed by atoms with van der Waals surface area (Å²) in [5, 5.41) is 0. The Labute approximate surface area is 105 Å². The van der Waals surface area contributed by atoms with Crippen LogP contribution in [0.15, 0.2) is 35.5 Å². The molecule has 0 aromatic heterocycles. The molecule has 0 spiro atoms. The lowest BCUT2D eigenvalue weighted by molar-refractivity contribution is -0.137. The highest BCUT2D eigenvalue weighted by molar-refractivity contribution is 5.87. The normalized spacial score (nSPS) is 12.5. The molecule has 0 aromatic carbocycles. The van der Waals surface area contributed by atoms with Crippen molar-refractivity contribution in [1.29, 1.82) is 0 Å². The van der Waals surface area contributed by atoms with Crippen LogP contribution in [-0.2, 0) is 9.53 Å². The number of carbonyl (C=O) groups is 1. The van der Waals surface area contributed by atoms with Crippen molar-refractivity contribution in [1.82, 2.24) is 0 Å². The maximum Gasteiger partial charge on any atom is 0.333 e. The summed E-state index contributed by atoms with van der Waals surface area (Å²) in [6.07, 6.45) is 6.93. The summed E-state index contributed by atoms with van der Waals surface area (Å²) in [6.45, 7) is 11.9. The molecule has 0 saturated carbocycles. The Morgan fingerprint density at radius 3 is 2.41 bits per heavy atom. The topological polar surface area (TPSA) is 26.3 Å². The number of hydrogen-bond donors (Lipinski definition) is 0. The molecular weight excluding hydrogens is 212 g/mol. The molecule has 0 amide bonds. The largest absolute Gasteiger partial charge is 0.458 e. The van der Waals surface area contributed by atoms with E-state index >= 15 is 0 Å². The fraction of sp³-hybridized carbons (Fsp3) is 0.533. The molecule has 0 aliphatic rings. The first-order valence-electron chi connectivity index (χ1n) is 6.07. The zero-order valence-corrected chi connectivity index (χ0v) is 11.5. The summed E-state index contributed by atoms with van der Waals surface area (Å²) in [5.74, 6) is -0.238. The fourth-order valence-electron chi connectivity index (χ4n) is 1.26. The minimum atomic E-state index is -0.238. The van der Waals surface area contributed by atoms with Crippen molar-refractivity contribution >= 4 is 5.97 Å². The van der Waals surface area contributed by atoms with E-state index in [-0.39, 0.29) is 5.97 Å². The Balaban J connectivity index is 3.84. The number of ether oxygens (including phenoxy) is 1. The summed E-state index contributed by atoms with van der Waals surface area (Å²) in [7, 11) is 0. The van der Waals surface area contributed by atoms with E-state index in [1.807, 2.05) is 19.9 Å². The molecule has 0 aliphatic carbocycles. The number of esters is 1. The first kappa shape index (κ1) is 15.7. The van der Waals surface area contributed by atoms with Crippen LogP contribution in [0.4, 0.5) is 0 Å². The average molecular weight is 236 g/mol. The highest BCUT2D eigenvalue weighted by atomic mass is 16.5. The predicted octanol–water partition coefficient (Wildman–Crippen LogP) is 4.19. The monoisotopic (exact) mass is 236 g/mol. The van der Waals surface area contributed by atoms with Gasteiger partial charge in [0.1, 0.15) is 6.61 Å². The third-order valence-corrected chi connectivity index (χ3v) is 2.58. The summed E-state index contributed by atoms with van der Waals surface area (Å²) >= 11 is 0. The SMILES string of the molecule is C=C(C)CCC/C(C)=C/COC(=O)/C(C)=C/C. The smallest absolute Gasteiger partial charge is 0.333 e. The van der Waals surface area contributed by atoms with Crippen LogP contribution < -0.4 is 0 Å². The lowest BCUT2D eigenvalue weighted by atomic mass is 10.1. The Morgan fingerprint density at radius 2 is 1.88 bits per heavy atom. The third-order valence-electron chi connectivity index (χ3n) is 2.58. The number of carbonyl (C=O) groups excluding carboxylic acids is 1. The Bertz CT molecular complexity index is 322. The van der Waals surface area contributed by atoms with Gasteiger partial charge in [-0.1, -0.05) is 17.2 Å². The molecule has 0 atom stereocenters. The van der Waals surface area contributed by atoms with Crippen molar-refractivity contribution in [3.05, 3.63) is 35.5 Å². The molecule has 0 saturated heterocycles. The quantitative estimate of drug-likeness (QED) is 0.376. The van der Waals surface area contributed by atoms with Crippen LogP contribution in [0.5, 0.6) is 0 Å². The van der Waals surface area contributed by atoms with Gasteiger partial charge in [0.2, 0.25) is 0 Å². The van der Waals surface area contributed by atoms with Crippen LogP contribution in [0.3, 0.4) is 0 Å². The average Bonchev–Trinajstić information content (AvgIpc) is 2.27. The van der Waals surface area contributed by atoms with Crippen LogP contribution in [0, 0.1) is 0 Å². The summed E-state index contributed by atoms with van der Waals surface area (Å²) in [5.41, 5.74) is 3.13. The maximum absolute atomic E-state index is 11.3. The van der Waals surface area contributed by atoms with Crippen LogP contribution in [-0.4, -0.2) is 12.6 Å². The Kier molecular flexibility index (Phi) is 8.12. The van der Waals surface area contributed by atoms with Crippen LogP contribution in [0.1, 0.15) is 47.0 Å². The van der Waals surface area contributed by atoms with E-state index in [9.17, 15) is 4.79 Å². The molecular formula is C15H24O2. The second-order valence-corrected chi connectivity index (χ2v) is 4.43. The van der Waals surface area contributed by atoms with Gasteiger partial charge in [0, 0.05) is 5.57 Å². The number of rotatable bonds is 7. The van der Waals surface area contributed by atoms with Gasteiger partial charge in [-0.05, 0) is 53.0 Å². The molecule has 0 bridgehead atoms. The molecule has 2 nitrogen and oxygen atoms in total. The minimum absolute atomic E-state index is 0.238. The van der Waals surface area contributed by atoms with E-state index in [1.54, 1.807) is 13.0 Å². The van der Waals surface area contributed by atoms with Gasteiger partial charge in [0.05, 0.1) is 0 Å². The van der Waals surface area contributed by atoms with Gasteiger partial charge < -0.3 is 4.74 Å². The van der Waals surface area contributed by atoms with Gasteiger partial charge in [0.15, 0.2) is 0 Å². The standard InChI is InChI=1S/C15H24O2/c1-6-14(5)15(16)17-11-10-13(4)9-7-8-12(2)3/h6,10H,2,7-9,11H2,1,3-5H3/b13-10+,14-6+. The zero-order valence-electron chi connectivity index (χ0n) is 11.5. The lowest BCUT2D eigenvalue weighted by Gasteiger charge is -2.04. The molecule has 0 fully saturated rings. The Morgan fingerprint density at radius 1 is 1.24 bits per heavy atom. The maximum atomic E-state index is 11.3.